The van der Waals surface area contributed by atoms with E-state index in [1.54, 1.807) is 0 Å². The largest absolute Gasteiger partial charge is 0.472 e. The number of unbranched alkanes of at least 4 members (excludes halogenated alkanes) is 18. The number of aliphatic hydroxyl groups excluding tert-OH is 5. The van der Waals surface area contributed by atoms with Crippen molar-refractivity contribution in [3.63, 3.8) is 0 Å². The van der Waals surface area contributed by atoms with E-state index in [0.717, 1.165) is 70.6 Å². The van der Waals surface area contributed by atoms with Crippen LogP contribution in [0.25, 0.3) is 0 Å². The first-order valence-electron chi connectivity index (χ1n) is 21.1. The zero-order valence-corrected chi connectivity index (χ0v) is 34.6. The van der Waals surface area contributed by atoms with Crippen molar-refractivity contribution < 1.29 is 63.1 Å². The molecule has 0 saturated heterocycles. The number of phosphoric ester groups is 1. The second-order valence-corrected chi connectivity index (χ2v) is 16.3. The Bertz CT molecular complexity index is 1070. The van der Waals surface area contributed by atoms with Crippen LogP contribution in [0.4, 0.5) is 0 Å². The van der Waals surface area contributed by atoms with Crippen molar-refractivity contribution in [2.24, 2.45) is 0 Å². The summed E-state index contributed by atoms with van der Waals surface area (Å²) in [4.78, 5) is 35.5. The lowest BCUT2D eigenvalue weighted by atomic mass is 9.85. The Morgan fingerprint density at radius 1 is 0.564 bits per heavy atom. The van der Waals surface area contributed by atoms with Gasteiger partial charge in [0.15, 0.2) is 6.10 Å². The molecule has 0 heterocycles. The van der Waals surface area contributed by atoms with E-state index in [1.165, 1.54) is 57.8 Å². The molecule has 0 radical (unpaired) electrons. The SMILES string of the molecule is CCCCC/C=C\C/C=C\CCCCCCCC(=O)OC[C@H](COP(=O)(O)OC1C(O)C(O)C(O)[C@@H](O)C1O)OC(=O)CCCCCCCCCCCCC. The van der Waals surface area contributed by atoms with Crippen LogP contribution >= 0.6 is 7.82 Å². The van der Waals surface area contributed by atoms with Gasteiger partial charge < -0.3 is 39.9 Å². The summed E-state index contributed by atoms with van der Waals surface area (Å²) in [6.45, 7) is 3.23. The molecule has 14 heteroatoms. The molecule has 6 unspecified atom stereocenters. The molecular weight excluding hydrogens is 731 g/mol. The number of phosphoric acid groups is 1. The second-order valence-electron chi connectivity index (χ2n) is 14.8. The smallest absolute Gasteiger partial charge is 0.462 e. The quantitative estimate of drug-likeness (QED) is 0.0164. The molecule has 55 heavy (non-hydrogen) atoms. The van der Waals surface area contributed by atoms with E-state index in [2.05, 4.69) is 38.2 Å². The molecule has 0 aromatic rings. The molecule has 0 amide bonds. The summed E-state index contributed by atoms with van der Waals surface area (Å²) < 4.78 is 33.4. The van der Waals surface area contributed by atoms with Gasteiger partial charge in [-0.1, -0.05) is 134 Å². The van der Waals surface area contributed by atoms with Crippen LogP contribution in [-0.4, -0.2) is 98.3 Å². The fourth-order valence-corrected chi connectivity index (χ4v) is 7.29. The number of carbonyl (C=O) groups excluding carboxylic acids is 2. The van der Waals surface area contributed by atoms with Crippen molar-refractivity contribution in [3.8, 4) is 0 Å². The minimum Gasteiger partial charge on any atom is -0.462 e. The van der Waals surface area contributed by atoms with Crippen LogP contribution in [0.5, 0.6) is 0 Å². The van der Waals surface area contributed by atoms with Crippen molar-refractivity contribution in [1.29, 1.82) is 0 Å². The van der Waals surface area contributed by atoms with Gasteiger partial charge in [-0.2, -0.15) is 0 Å². The minimum absolute atomic E-state index is 0.0965. The third-order valence-corrected chi connectivity index (χ3v) is 10.8. The monoisotopic (exact) mass is 806 g/mol. The summed E-state index contributed by atoms with van der Waals surface area (Å²) in [5.74, 6) is -1.11. The summed E-state index contributed by atoms with van der Waals surface area (Å²) in [5, 5.41) is 50.0. The third kappa shape index (κ3) is 25.3. The highest BCUT2D eigenvalue weighted by Gasteiger charge is 2.51. The van der Waals surface area contributed by atoms with Gasteiger partial charge in [-0.3, -0.25) is 18.6 Å². The number of hydrogen-bond donors (Lipinski definition) is 6. The maximum Gasteiger partial charge on any atom is 0.472 e. The average Bonchev–Trinajstić information content (AvgIpc) is 3.16. The molecule has 6 N–H and O–H groups in total. The minimum atomic E-state index is -5.11. The van der Waals surface area contributed by atoms with Crippen LogP contribution in [0.3, 0.4) is 0 Å². The zero-order chi connectivity index (χ0) is 40.7. The summed E-state index contributed by atoms with van der Waals surface area (Å²) in [6, 6.07) is 0. The van der Waals surface area contributed by atoms with Crippen molar-refractivity contribution in [3.05, 3.63) is 24.3 Å². The number of rotatable bonds is 34. The fraction of sp³-hybridized carbons (Fsp3) is 0.854. The Morgan fingerprint density at radius 2 is 0.982 bits per heavy atom. The Hall–Kier alpha value is -1.67. The molecule has 0 spiro atoms. The summed E-state index contributed by atoms with van der Waals surface area (Å²) in [7, 11) is -5.11. The predicted molar refractivity (Wildman–Crippen MR) is 212 cm³/mol. The lowest BCUT2D eigenvalue weighted by Gasteiger charge is -2.41. The normalized spacial score (nSPS) is 23.3. The molecule has 1 saturated carbocycles. The van der Waals surface area contributed by atoms with Gasteiger partial charge in [0.25, 0.3) is 0 Å². The lowest BCUT2D eigenvalue weighted by Crippen LogP contribution is -2.64. The van der Waals surface area contributed by atoms with E-state index in [0.29, 0.717) is 12.8 Å². The van der Waals surface area contributed by atoms with Crippen molar-refractivity contribution in [1.82, 2.24) is 0 Å². The van der Waals surface area contributed by atoms with E-state index >= 15 is 0 Å². The van der Waals surface area contributed by atoms with Crippen molar-refractivity contribution in [2.75, 3.05) is 13.2 Å². The molecule has 1 fully saturated rings. The molecule has 1 aliphatic rings. The Balaban J connectivity index is 2.50. The number of hydrogen-bond acceptors (Lipinski definition) is 12. The predicted octanol–water partition coefficient (Wildman–Crippen LogP) is 7.28. The maximum atomic E-state index is 12.8. The molecule has 0 bridgehead atoms. The first-order chi connectivity index (χ1) is 26.4. The lowest BCUT2D eigenvalue weighted by molar-refractivity contribution is -0.220. The summed E-state index contributed by atoms with van der Waals surface area (Å²) in [5.41, 5.74) is 0. The van der Waals surface area contributed by atoms with Crippen LogP contribution in [0.2, 0.25) is 0 Å². The van der Waals surface area contributed by atoms with Crippen LogP contribution in [0, 0.1) is 0 Å². The molecular formula is C41H75O13P. The highest BCUT2D eigenvalue weighted by molar-refractivity contribution is 7.47. The van der Waals surface area contributed by atoms with E-state index in [9.17, 15) is 44.6 Å². The van der Waals surface area contributed by atoms with Gasteiger partial charge in [0.2, 0.25) is 0 Å². The van der Waals surface area contributed by atoms with E-state index in [-0.39, 0.29) is 12.8 Å². The molecule has 0 aromatic heterocycles. The zero-order valence-electron chi connectivity index (χ0n) is 33.7. The number of esters is 2. The topological polar surface area (TPSA) is 210 Å². The fourth-order valence-electron chi connectivity index (χ4n) is 6.32. The van der Waals surface area contributed by atoms with Gasteiger partial charge in [0.05, 0.1) is 6.61 Å². The summed E-state index contributed by atoms with van der Waals surface area (Å²) in [6.07, 6.45) is 19.6. The number of allylic oxidation sites excluding steroid dienone is 4. The van der Waals surface area contributed by atoms with Crippen LogP contribution in [0.1, 0.15) is 168 Å². The Labute approximate surface area is 330 Å². The van der Waals surface area contributed by atoms with Gasteiger partial charge >= 0.3 is 19.8 Å². The standard InChI is InChI=1S/C41H75O13P/c1-3-5-7-9-11-13-15-16-17-18-20-21-23-25-27-29-34(42)51-31-33(53-35(43)30-28-26-24-22-19-14-12-10-8-6-4-2)32-52-55(49,50)54-41-39(47)37(45)36(44)38(46)40(41)48/h11,13,16-17,33,36-41,44-48H,3-10,12,14-15,18-32H2,1-2H3,(H,49,50)/b13-11-,17-16-/t33-,36?,37-,38?,39?,40?,41?/m1/s1. The average molecular weight is 807 g/mol. The maximum absolute atomic E-state index is 12.8. The second kappa shape index (κ2) is 32.3. The molecule has 13 nitrogen and oxygen atoms in total. The number of carbonyl (C=O) groups is 2. The van der Waals surface area contributed by atoms with Gasteiger partial charge in [0.1, 0.15) is 43.2 Å². The Kier molecular flexibility index (Phi) is 30.2. The molecule has 1 aliphatic carbocycles. The molecule has 322 valence electrons. The van der Waals surface area contributed by atoms with Gasteiger partial charge in [-0.25, -0.2) is 4.57 Å². The van der Waals surface area contributed by atoms with Gasteiger partial charge in [-0.15, -0.1) is 0 Å². The van der Waals surface area contributed by atoms with Crippen LogP contribution < -0.4 is 0 Å². The Morgan fingerprint density at radius 3 is 1.51 bits per heavy atom. The number of ether oxygens (including phenoxy) is 2. The van der Waals surface area contributed by atoms with Crippen molar-refractivity contribution >= 4 is 19.8 Å². The van der Waals surface area contributed by atoms with Gasteiger partial charge in [0, 0.05) is 12.8 Å². The highest BCUT2D eigenvalue weighted by Crippen LogP contribution is 2.47. The van der Waals surface area contributed by atoms with Crippen molar-refractivity contribution in [2.45, 2.75) is 211 Å². The molecule has 8 atom stereocenters. The van der Waals surface area contributed by atoms with E-state index in [1.807, 2.05) is 0 Å². The number of aliphatic hydroxyl groups is 5. The first kappa shape index (κ1) is 51.3. The third-order valence-electron chi connectivity index (χ3n) is 9.80. The van der Waals surface area contributed by atoms with Gasteiger partial charge in [-0.05, 0) is 44.9 Å². The highest BCUT2D eigenvalue weighted by atomic mass is 31.2. The molecule has 0 aliphatic heterocycles. The summed E-state index contributed by atoms with van der Waals surface area (Å²) >= 11 is 0. The van der Waals surface area contributed by atoms with Crippen LogP contribution in [0.15, 0.2) is 24.3 Å². The van der Waals surface area contributed by atoms with E-state index < -0.39 is 75.7 Å². The van der Waals surface area contributed by atoms with Crippen LogP contribution in [-0.2, 0) is 32.7 Å². The molecule has 0 aromatic carbocycles. The first-order valence-corrected chi connectivity index (χ1v) is 22.6. The molecule has 1 rings (SSSR count). The van der Waals surface area contributed by atoms with E-state index in [4.69, 9.17) is 18.5 Å².